The van der Waals surface area contributed by atoms with Crippen molar-refractivity contribution in [2.24, 2.45) is 0 Å². The van der Waals surface area contributed by atoms with E-state index in [4.69, 9.17) is 0 Å². The summed E-state index contributed by atoms with van der Waals surface area (Å²) in [5.41, 5.74) is 0.498. The molecule has 7 heteroatoms. The Hall–Kier alpha value is -1.37. The van der Waals surface area contributed by atoms with Gasteiger partial charge in [-0.25, -0.2) is 9.37 Å². The molecule has 116 valence electrons. The molecule has 0 spiro atoms. The van der Waals surface area contributed by atoms with Crippen LogP contribution in [0.25, 0.3) is 0 Å². The van der Waals surface area contributed by atoms with Crippen LogP contribution >= 0.6 is 0 Å². The molecule has 2 saturated carbocycles. The Bertz CT molecular complexity index is 509. The van der Waals surface area contributed by atoms with Gasteiger partial charge in [-0.15, -0.1) is 0 Å². The minimum absolute atomic E-state index is 0.135. The first-order valence-electron chi connectivity index (χ1n) is 7.13. The van der Waals surface area contributed by atoms with Crippen LogP contribution in [0.2, 0.25) is 0 Å². The molecule has 1 N–H and O–H groups in total. The van der Waals surface area contributed by atoms with Gasteiger partial charge in [0.2, 0.25) is 0 Å². The standard InChI is InChI=1S/C14H17F4N3/c15-10-5-9(6-19-11-1-2-11)13(20-7-10)21(12-3-4-12)8-14(16,17)18/h5,7,11-12,19H,1-4,6,8H2. The van der Waals surface area contributed by atoms with E-state index >= 15 is 0 Å². The van der Waals surface area contributed by atoms with Crippen molar-refractivity contribution in [2.75, 3.05) is 11.4 Å². The van der Waals surface area contributed by atoms with Crippen molar-refractivity contribution in [1.29, 1.82) is 0 Å². The van der Waals surface area contributed by atoms with E-state index in [9.17, 15) is 17.6 Å². The molecule has 0 atom stereocenters. The third kappa shape index (κ3) is 4.06. The Balaban J connectivity index is 1.82. The van der Waals surface area contributed by atoms with Gasteiger partial charge in [0, 0.05) is 24.2 Å². The van der Waals surface area contributed by atoms with Crippen molar-refractivity contribution in [1.82, 2.24) is 10.3 Å². The summed E-state index contributed by atoms with van der Waals surface area (Å²) in [6.45, 7) is -0.682. The lowest BCUT2D eigenvalue weighted by Crippen LogP contribution is -2.37. The number of hydrogen-bond acceptors (Lipinski definition) is 3. The first-order chi connectivity index (χ1) is 9.92. The van der Waals surface area contributed by atoms with Gasteiger partial charge >= 0.3 is 6.18 Å². The normalized spacial score (nSPS) is 18.9. The molecule has 2 fully saturated rings. The Labute approximate surface area is 120 Å². The van der Waals surface area contributed by atoms with Gasteiger partial charge < -0.3 is 10.2 Å². The second-order valence-electron chi connectivity index (χ2n) is 5.77. The maximum absolute atomic E-state index is 13.4. The summed E-state index contributed by atoms with van der Waals surface area (Å²) in [5, 5.41) is 3.20. The van der Waals surface area contributed by atoms with E-state index in [1.165, 1.54) is 11.0 Å². The minimum Gasteiger partial charge on any atom is -0.344 e. The number of hydrogen-bond donors (Lipinski definition) is 1. The molecule has 2 aliphatic carbocycles. The quantitative estimate of drug-likeness (QED) is 0.819. The Morgan fingerprint density at radius 1 is 1.24 bits per heavy atom. The molecule has 1 heterocycles. The van der Waals surface area contributed by atoms with Gasteiger partial charge in [0.25, 0.3) is 0 Å². The molecule has 0 aromatic carbocycles. The summed E-state index contributed by atoms with van der Waals surface area (Å²) in [6, 6.07) is 1.55. The van der Waals surface area contributed by atoms with Gasteiger partial charge in [-0.1, -0.05) is 0 Å². The van der Waals surface area contributed by atoms with Crippen molar-refractivity contribution in [3.05, 3.63) is 23.6 Å². The second kappa shape index (κ2) is 5.44. The van der Waals surface area contributed by atoms with Crippen LogP contribution in [0, 0.1) is 5.82 Å². The summed E-state index contributed by atoms with van der Waals surface area (Å²) < 4.78 is 51.6. The third-order valence-electron chi connectivity index (χ3n) is 3.68. The molecule has 1 aromatic rings. The minimum atomic E-state index is -4.29. The first kappa shape index (κ1) is 14.6. The van der Waals surface area contributed by atoms with Crippen molar-refractivity contribution >= 4 is 5.82 Å². The number of nitrogens with zero attached hydrogens (tertiary/aromatic N) is 2. The van der Waals surface area contributed by atoms with Crippen molar-refractivity contribution < 1.29 is 17.6 Å². The molecule has 2 aliphatic rings. The van der Waals surface area contributed by atoms with E-state index in [0.717, 1.165) is 31.9 Å². The number of alkyl halides is 3. The highest BCUT2D eigenvalue weighted by Gasteiger charge is 2.39. The van der Waals surface area contributed by atoms with E-state index in [-0.39, 0.29) is 11.9 Å². The van der Waals surface area contributed by atoms with Gasteiger partial charge in [-0.05, 0) is 31.7 Å². The zero-order chi connectivity index (χ0) is 15.0. The van der Waals surface area contributed by atoms with Crippen molar-refractivity contribution in [3.63, 3.8) is 0 Å². The fourth-order valence-corrected chi connectivity index (χ4v) is 2.36. The second-order valence-corrected chi connectivity index (χ2v) is 5.77. The number of rotatable bonds is 6. The fraction of sp³-hybridized carbons (Fsp3) is 0.643. The Kier molecular flexibility index (Phi) is 3.77. The van der Waals surface area contributed by atoms with E-state index in [1.807, 2.05) is 0 Å². The SMILES string of the molecule is Fc1cnc(N(CC(F)(F)F)C2CC2)c(CNC2CC2)c1. The molecule has 0 aliphatic heterocycles. The predicted octanol–water partition coefficient (Wildman–Crippen LogP) is 3.00. The van der Waals surface area contributed by atoms with Crippen LogP contribution in [0.4, 0.5) is 23.4 Å². The van der Waals surface area contributed by atoms with E-state index in [0.29, 0.717) is 18.2 Å². The Morgan fingerprint density at radius 3 is 2.52 bits per heavy atom. The lowest BCUT2D eigenvalue weighted by Gasteiger charge is -2.27. The molecule has 21 heavy (non-hydrogen) atoms. The Morgan fingerprint density at radius 2 is 1.95 bits per heavy atom. The van der Waals surface area contributed by atoms with Gasteiger partial charge in [-0.2, -0.15) is 13.2 Å². The van der Waals surface area contributed by atoms with Crippen molar-refractivity contribution in [3.8, 4) is 0 Å². The summed E-state index contributed by atoms with van der Waals surface area (Å²) in [7, 11) is 0. The molecule has 3 nitrogen and oxygen atoms in total. The van der Waals surface area contributed by atoms with Crippen LogP contribution in [-0.2, 0) is 6.54 Å². The van der Waals surface area contributed by atoms with Crippen LogP contribution < -0.4 is 10.2 Å². The molecule has 0 amide bonds. The lowest BCUT2D eigenvalue weighted by atomic mass is 10.2. The van der Waals surface area contributed by atoms with Crippen molar-refractivity contribution in [2.45, 2.75) is 50.5 Å². The van der Waals surface area contributed by atoms with Gasteiger partial charge in [0.05, 0.1) is 6.20 Å². The summed E-state index contributed by atoms with van der Waals surface area (Å²) in [4.78, 5) is 5.20. The van der Waals surface area contributed by atoms with E-state index in [1.54, 1.807) is 0 Å². The number of nitrogens with one attached hydrogen (secondary N) is 1. The summed E-state index contributed by atoms with van der Waals surface area (Å²) >= 11 is 0. The molecule has 1 aromatic heterocycles. The van der Waals surface area contributed by atoms with Crippen LogP contribution in [-0.4, -0.2) is 29.8 Å². The summed E-state index contributed by atoms with van der Waals surface area (Å²) in [6.07, 6.45) is 0.275. The molecule has 0 radical (unpaired) electrons. The average Bonchev–Trinajstić information content (AvgIpc) is 3.26. The molecule has 3 rings (SSSR count). The fourth-order valence-electron chi connectivity index (χ4n) is 2.36. The number of pyridine rings is 1. The topological polar surface area (TPSA) is 28.2 Å². The first-order valence-corrected chi connectivity index (χ1v) is 7.13. The summed E-state index contributed by atoms with van der Waals surface area (Å²) in [5.74, 6) is -0.265. The maximum atomic E-state index is 13.4. The van der Waals surface area contributed by atoms with Gasteiger partial charge in [-0.3, -0.25) is 0 Å². The van der Waals surface area contributed by atoms with Crippen LogP contribution in [0.1, 0.15) is 31.2 Å². The lowest BCUT2D eigenvalue weighted by molar-refractivity contribution is -0.120. The molecule has 0 bridgehead atoms. The smallest absolute Gasteiger partial charge is 0.344 e. The van der Waals surface area contributed by atoms with Gasteiger partial charge in [0.1, 0.15) is 18.2 Å². The zero-order valence-electron chi connectivity index (χ0n) is 11.5. The highest BCUT2D eigenvalue weighted by atomic mass is 19.4. The molecule has 0 saturated heterocycles. The number of halogens is 4. The largest absolute Gasteiger partial charge is 0.405 e. The van der Waals surface area contributed by atoms with E-state index in [2.05, 4.69) is 10.3 Å². The molecular weight excluding hydrogens is 286 g/mol. The zero-order valence-corrected chi connectivity index (χ0v) is 11.5. The van der Waals surface area contributed by atoms with Gasteiger partial charge in [0.15, 0.2) is 0 Å². The highest BCUT2D eigenvalue weighted by molar-refractivity contribution is 5.49. The molecule has 0 unspecified atom stereocenters. The maximum Gasteiger partial charge on any atom is 0.405 e. The monoisotopic (exact) mass is 303 g/mol. The predicted molar refractivity (Wildman–Crippen MR) is 70.5 cm³/mol. The van der Waals surface area contributed by atoms with Crippen LogP contribution in [0.5, 0.6) is 0 Å². The van der Waals surface area contributed by atoms with E-state index < -0.39 is 18.5 Å². The molecular formula is C14H17F4N3. The average molecular weight is 303 g/mol. The number of aromatic nitrogens is 1. The third-order valence-corrected chi connectivity index (χ3v) is 3.68. The van der Waals surface area contributed by atoms with Crippen LogP contribution in [0.15, 0.2) is 12.3 Å². The number of anilines is 1. The highest BCUT2D eigenvalue weighted by Crippen LogP contribution is 2.35. The van der Waals surface area contributed by atoms with Crippen LogP contribution in [0.3, 0.4) is 0 Å².